The lowest BCUT2D eigenvalue weighted by molar-refractivity contribution is 0.451. The highest BCUT2D eigenvalue weighted by molar-refractivity contribution is 5.22. The largest absolute Gasteiger partial charge is 0.446 e. The smallest absolute Gasteiger partial charge is 0.195 e. The minimum Gasteiger partial charge on any atom is -0.446 e. The van der Waals surface area contributed by atoms with Crippen molar-refractivity contribution in [3.63, 3.8) is 0 Å². The summed E-state index contributed by atoms with van der Waals surface area (Å²) in [6.45, 7) is 3.02. The van der Waals surface area contributed by atoms with Crippen LogP contribution in [0, 0.1) is 6.92 Å². The molecule has 3 nitrogen and oxygen atoms in total. The average Bonchev–Trinajstić information content (AvgIpc) is 2.82. The van der Waals surface area contributed by atoms with Gasteiger partial charge in [0.2, 0.25) is 0 Å². The Bertz CT molecular complexity index is 491. The van der Waals surface area contributed by atoms with E-state index < -0.39 is 0 Å². The van der Waals surface area contributed by atoms with Crippen LogP contribution in [0.2, 0.25) is 0 Å². The third kappa shape index (κ3) is 3.70. The Hall–Kier alpha value is -1.61. The van der Waals surface area contributed by atoms with Gasteiger partial charge in [-0.3, -0.25) is 0 Å². The number of hydrogen-bond donors (Lipinski definition) is 1. The molecule has 0 saturated heterocycles. The van der Waals surface area contributed by atoms with E-state index >= 15 is 0 Å². The van der Waals surface area contributed by atoms with Gasteiger partial charge in [0.15, 0.2) is 5.89 Å². The van der Waals surface area contributed by atoms with Crippen molar-refractivity contribution < 1.29 is 4.42 Å². The highest BCUT2D eigenvalue weighted by Gasteiger charge is 2.04. The second kappa shape index (κ2) is 6.36. The van der Waals surface area contributed by atoms with E-state index in [0.717, 1.165) is 37.5 Å². The SMILES string of the molecule is CNCCc1ncc(CCc2cccc(C)c2)o1. The molecule has 0 atom stereocenters. The summed E-state index contributed by atoms with van der Waals surface area (Å²) in [5.41, 5.74) is 2.66. The molecule has 3 heteroatoms. The summed E-state index contributed by atoms with van der Waals surface area (Å²) in [6.07, 6.45) is 4.61. The zero-order chi connectivity index (χ0) is 12.8. The number of oxazole rings is 1. The Morgan fingerprint density at radius 1 is 1.22 bits per heavy atom. The minimum absolute atomic E-state index is 0.823. The zero-order valence-electron chi connectivity index (χ0n) is 11.1. The van der Waals surface area contributed by atoms with Crippen LogP contribution in [0.3, 0.4) is 0 Å². The van der Waals surface area contributed by atoms with Crippen molar-refractivity contribution in [2.75, 3.05) is 13.6 Å². The fourth-order valence-corrected chi connectivity index (χ4v) is 1.95. The van der Waals surface area contributed by atoms with E-state index in [0.29, 0.717) is 0 Å². The molecule has 96 valence electrons. The van der Waals surface area contributed by atoms with E-state index in [4.69, 9.17) is 4.42 Å². The highest BCUT2D eigenvalue weighted by atomic mass is 16.4. The topological polar surface area (TPSA) is 38.1 Å². The maximum absolute atomic E-state index is 5.69. The van der Waals surface area contributed by atoms with E-state index in [1.807, 2.05) is 13.2 Å². The van der Waals surface area contributed by atoms with Crippen LogP contribution in [0.4, 0.5) is 0 Å². The molecule has 0 spiro atoms. The van der Waals surface area contributed by atoms with Crippen LogP contribution in [0.5, 0.6) is 0 Å². The van der Waals surface area contributed by atoms with Crippen LogP contribution >= 0.6 is 0 Å². The lowest BCUT2D eigenvalue weighted by atomic mass is 10.1. The van der Waals surface area contributed by atoms with E-state index in [2.05, 4.69) is 41.5 Å². The van der Waals surface area contributed by atoms with Crippen molar-refractivity contribution in [2.45, 2.75) is 26.2 Å². The van der Waals surface area contributed by atoms with Gasteiger partial charge in [0, 0.05) is 19.4 Å². The van der Waals surface area contributed by atoms with Crippen LogP contribution in [-0.2, 0) is 19.3 Å². The Morgan fingerprint density at radius 2 is 2.11 bits per heavy atom. The summed E-state index contributed by atoms with van der Waals surface area (Å²) < 4.78 is 5.69. The maximum Gasteiger partial charge on any atom is 0.195 e. The van der Waals surface area contributed by atoms with Crippen molar-refractivity contribution in [3.8, 4) is 0 Å². The highest BCUT2D eigenvalue weighted by Crippen LogP contribution is 2.10. The number of benzene rings is 1. The summed E-state index contributed by atoms with van der Waals surface area (Å²) in [5.74, 6) is 1.80. The molecule has 18 heavy (non-hydrogen) atoms. The van der Waals surface area contributed by atoms with Gasteiger partial charge in [-0.05, 0) is 26.0 Å². The normalized spacial score (nSPS) is 10.8. The number of aryl methyl sites for hydroxylation is 3. The number of aromatic nitrogens is 1. The standard InChI is InChI=1S/C15H20N2O/c1-12-4-3-5-13(10-12)6-7-14-11-17-15(18-14)8-9-16-2/h3-5,10-11,16H,6-9H2,1-2H3. The lowest BCUT2D eigenvalue weighted by Gasteiger charge is -2.00. The summed E-state index contributed by atoms with van der Waals surface area (Å²) in [5, 5.41) is 3.09. The van der Waals surface area contributed by atoms with E-state index in [1.54, 1.807) is 0 Å². The molecule has 0 aliphatic heterocycles. The van der Waals surface area contributed by atoms with Gasteiger partial charge in [0.05, 0.1) is 6.20 Å². The van der Waals surface area contributed by atoms with Crippen LogP contribution in [-0.4, -0.2) is 18.6 Å². The van der Waals surface area contributed by atoms with Crippen molar-refractivity contribution in [1.82, 2.24) is 10.3 Å². The fraction of sp³-hybridized carbons (Fsp3) is 0.400. The summed E-state index contributed by atoms with van der Waals surface area (Å²) in [6, 6.07) is 8.60. The third-order valence-corrected chi connectivity index (χ3v) is 2.93. The van der Waals surface area contributed by atoms with Gasteiger partial charge in [-0.2, -0.15) is 0 Å². The molecule has 0 saturated carbocycles. The summed E-state index contributed by atoms with van der Waals surface area (Å²) in [4.78, 5) is 4.28. The first kappa shape index (κ1) is 12.8. The lowest BCUT2D eigenvalue weighted by Crippen LogP contribution is -2.10. The van der Waals surface area contributed by atoms with Gasteiger partial charge < -0.3 is 9.73 Å². The van der Waals surface area contributed by atoms with Crippen LogP contribution in [0.25, 0.3) is 0 Å². The van der Waals surface area contributed by atoms with Gasteiger partial charge in [-0.15, -0.1) is 0 Å². The predicted molar refractivity (Wildman–Crippen MR) is 72.7 cm³/mol. The van der Waals surface area contributed by atoms with Crippen molar-refractivity contribution >= 4 is 0 Å². The molecule has 0 bridgehead atoms. The van der Waals surface area contributed by atoms with Gasteiger partial charge in [0.25, 0.3) is 0 Å². The summed E-state index contributed by atoms with van der Waals surface area (Å²) in [7, 11) is 1.93. The molecule has 0 aliphatic rings. The Morgan fingerprint density at radius 3 is 2.89 bits per heavy atom. The first-order valence-corrected chi connectivity index (χ1v) is 6.41. The Kier molecular flexibility index (Phi) is 4.53. The second-order valence-corrected chi connectivity index (χ2v) is 4.56. The quantitative estimate of drug-likeness (QED) is 0.848. The van der Waals surface area contributed by atoms with Gasteiger partial charge in [-0.1, -0.05) is 29.8 Å². The molecule has 0 fully saturated rings. The monoisotopic (exact) mass is 244 g/mol. The fourth-order valence-electron chi connectivity index (χ4n) is 1.95. The molecular formula is C15H20N2O. The zero-order valence-corrected chi connectivity index (χ0v) is 11.1. The van der Waals surface area contributed by atoms with Crippen LogP contribution in [0.1, 0.15) is 22.8 Å². The molecular weight excluding hydrogens is 224 g/mol. The molecule has 0 unspecified atom stereocenters. The first-order valence-electron chi connectivity index (χ1n) is 6.41. The molecule has 0 aliphatic carbocycles. The Labute approximate surface area is 108 Å². The molecule has 2 rings (SSSR count). The molecule has 0 amide bonds. The van der Waals surface area contributed by atoms with E-state index in [1.165, 1.54) is 11.1 Å². The van der Waals surface area contributed by atoms with Crippen LogP contribution < -0.4 is 5.32 Å². The molecule has 0 radical (unpaired) electrons. The Balaban J connectivity index is 1.88. The minimum atomic E-state index is 0.823. The number of nitrogens with zero attached hydrogens (tertiary/aromatic N) is 1. The first-order chi connectivity index (χ1) is 8.78. The second-order valence-electron chi connectivity index (χ2n) is 4.56. The van der Waals surface area contributed by atoms with E-state index in [-0.39, 0.29) is 0 Å². The number of hydrogen-bond acceptors (Lipinski definition) is 3. The van der Waals surface area contributed by atoms with Gasteiger partial charge in [-0.25, -0.2) is 4.98 Å². The van der Waals surface area contributed by atoms with Crippen molar-refractivity contribution in [3.05, 3.63) is 53.2 Å². The van der Waals surface area contributed by atoms with Gasteiger partial charge >= 0.3 is 0 Å². The third-order valence-electron chi connectivity index (χ3n) is 2.93. The predicted octanol–water partition coefficient (Wildman–Crippen LogP) is 2.53. The number of likely N-dealkylation sites (N-methyl/N-ethyl adjacent to an activating group) is 1. The number of nitrogens with one attached hydrogen (secondary N) is 1. The summed E-state index contributed by atoms with van der Waals surface area (Å²) >= 11 is 0. The maximum atomic E-state index is 5.69. The van der Waals surface area contributed by atoms with Crippen molar-refractivity contribution in [2.24, 2.45) is 0 Å². The van der Waals surface area contributed by atoms with Crippen LogP contribution in [0.15, 0.2) is 34.9 Å². The van der Waals surface area contributed by atoms with Crippen molar-refractivity contribution in [1.29, 1.82) is 0 Å². The molecule has 1 aromatic heterocycles. The van der Waals surface area contributed by atoms with E-state index in [9.17, 15) is 0 Å². The number of rotatable bonds is 6. The molecule has 2 aromatic rings. The average molecular weight is 244 g/mol. The molecule has 1 heterocycles. The molecule has 1 N–H and O–H groups in total. The molecule has 1 aromatic carbocycles. The van der Waals surface area contributed by atoms with Gasteiger partial charge in [0.1, 0.15) is 5.76 Å².